The fourth-order valence-corrected chi connectivity index (χ4v) is 0.564. The largest absolute Gasteiger partial charge is 0.345 e. The van der Waals surface area contributed by atoms with Crippen LogP contribution in [0.15, 0.2) is 18.5 Å². The molecule has 1 aromatic rings. The van der Waals surface area contributed by atoms with Crippen LogP contribution in [-0.4, -0.2) is 9.97 Å². The van der Waals surface area contributed by atoms with Crippen LogP contribution < -0.4 is 0 Å². The summed E-state index contributed by atoms with van der Waals surface area (Å²) < 4.78 is 0. The van der Waals surface area contributed by atoms with Crippen molar-refractivity contribution in [3.63, 3.8) is 0 Å². The Morgan fingerprint density at radius 2 is 2.67 bits per heavy atom. The van der Waals surface area contributed by atoms with E-state index in [9.17, 15) is 0 Å². The van der Waals surface area contributed by atoms with Crippen molar-refractivity contribution in [2.75, 3.05) is 0 Å². The lowest BCUT2D eigenvalue weighted by molar-refractivity contribution is 1.26. The highest BCUT2D eigenvalue weighted by atomic mass is 14.9. The molecule has 0 amide bonds. The first-order valence-electron chi connectivity index (χ1n) is 2.88. The molecule has 2 heteroatoms. The number of aromatic amines is 1. The van der Waals surface area contributed by atoms with Crippen molar-refractivity contribution < 1.29 is 0 Å². The second-order valence-corrected chi connectivity index (χ2v) is 1.67. The molecule has 0 aliphatic rings. The van der Waals surface area contributed by atoms with Crippen molar-refractivity contribution in [1.82, 2.24) is 9.97 Å². The lowest BCUT2D eigenvalue weighted by Crippen LogP contribution is -1.70. The first-order valence-corrected chi connectivity index (χ1v) is 2.88. The Morgan fingerprint density at radius 3 is 3.22 bits per heavy atom. The fraction of sp³-hybridized carbons (Fsp3) is 0.143. The summed E-state index contributed by atoms with van der Waals surface area (Å²) in [4.78, 5) is 6.93. The van der Waals surface area contributed by atoms with Gasteiger partial charge in [0.1, 0.15) is 5.82 Å². The number of H-pyrrole nitrogens is 1. The van der Waals surface area contributed by atoms with E-state index in [1.807, 2.05) is 12.2 Å². The summed E-state index contributed by atoms with van der Waals surface area (Å²) in [5, 5.41) is 0. The lowest BCUT2D eigenvalue weighted by atomic mass is 10.4. The maximum Gasteiger partial charge on any atom is 0.129 e. The number of allylic oxidation sites excluding steroid dienone is 1. The Balaban J connectivity index is 2.57. The summed E-state index contributed by atoms with van der Waals surface area (Å²) in [7, 11) is 0. The lowest BCUT2D eigenvalue weighted by Gasteiger charge is -1.79. The van der Waals surface area contributed by atoms with E-state index in [-0.39, 0.29) is 0 Å². The molecule has 0 aliphatic heterocycles. The van der Waals surface area contributed by atoms with Gasteiger partial charge in [-0.05, 0) is 19.4 Å². The highest BCUT2D eigenvalue weighted by Gasteiger charge is 1.81. The smallest absolute Gasteiger partial charge is 0.129 e. The average Bonchev–Trinajstić information content (AvgIpc) is 2.34. The molecule has 0 aromatic carbocycles. The van der Waals surface area contributed by atoms with Gasteiger partial charge in [0, 0.05) is 12.4 Å². The van der Waals surface area contributed by atoms with Crippen LogP contribution in [0.3, 0.4) is 0 Å². The molecule has 9 heavy (non-hydrogen) atoms. The number of imidazole rings is 1. The highest BCUT2D eigenvalue weighted by Crippen LogP contribution is 1.92. The number of rotatable bonds is 2. The molecule has 0 atom stereocenters. The number of aromatic nitrogens is 2. The van der Waals surface area contributed by atoms with Crippen LogP contribution in [0.4, 0.5) is 0 Å². The Labute approximate surface area is 54.6 Å². The van der Waals surface area contributed by atoms with Gasteiger partial charge in [-0.15, -0.1) is 0 Å². The van der Waals surface area contributed by atoms with Gasteiger partial charge in [-0.3, -0.25) is 0 Å². The zero-order valence-electron chi connectivity index (χ0n) is 5.17. The van der Waals surface area contributed by atoms with E-state index >= 15 is 0 Å². The quantitative estimate of drug-likeness (QED) is 0.633. The zero-order valence-corrected chi connectivity index (χ0v) is 5.17. The van der Waals surface area contributed by atoms with Gasteiger partial charge < -0.3 is 4.98 Å². The second-order valence-electron chi connectivity index (χ2n) is 1.67. The number of hydrogen-bond donors (Lipinski definition) is 1. The molecular formula is C7H9N2. The molecule has 1 N–H and O–H groups in total. The maximum atomic E-state index is 3.98. The molecule has 1 aromatic heterocycles. The van der Waals surface area contributed by atoms with E-state index in [4.69, 9.17) is 0 Å². The zero-order chi connectivity index (χ0) is 6.53. The third-order valence-electron chi connectivity index (χ3n) is 0.962. The van der Waals surface area contributed by atoms with Crippen molar-refractivity contribution in [3.05, 3.63) is 31.2 Å². The van der Waals surface area contributed by atoms with Gasteiger partial charge in [-0.25, -0.2) is 4.98 Å². The number of nitrogens with zero attached hydrogens (tertiary/aromatic N) is 1. The predicted octanol–water partition coefficient (Wildman–Crippen LogP) is 1.65. The minimum atomic E-state index is 0.806. The van der Waals surface area contributed by atoms with Crippen LogP contribution in [0.2, 0.25) is 0 Å². The Kier molecular flexibility index (Phi) is 2.07. The van der Waals surface area contributed by atoms with Crippen molar-refractivity contribution in [2.24, 2.45) is 0 Å². The van der Waals surface area contributed by atoms with E-state index in [1.54, 1.807) is 12.4 Å². The van der Waals surface area contributed by atoms with E-state index in [0.29, 0.717) is 0 Å². The minimum absolute atomic E-state index is 0.806. The second kappa shape index (κ2) is 3.07. The predicted molar refractivity (Wildman–Crippen MR) is 37.6 cm³/mol. The van der Waals surface area contributed by atoms with E-state index in [1.165, 1.54) is 0 Å². The van der Waals surface area contributed by atoms with Crippen LogP contribution in [0.25, 0.3) is 6.08 Å². The molecule has 0 unspecified atom stereocenters. The molecule has 0 saturated carbocycles. The fourth-order valence-electron chi connectivity index (χ4n) is 0.564. The topological polar surface area (TPSA) is 28.7 Å². The van der Waals surface area contributed by atoms with Gasteiger partial charge in [0.25, 0.3) is 0 Å². The molecule has 1 heterocycles. The van der Waals surface area contributed by atoms with Crippen LogP contribution in [0.1, 0.15) is 12.2 Å². The average molecular weight is 121 g/mol. The van der Waals surface area contributed by atoms with Gasteiger partial charge >= 0.3 is 0 Å². The number of nitrogens with one attached hydrogen (secondary N) is 1. The highest BCUT2D eigenvalue weighted by molar-refractivity contribution is 5.38. The van der Waals surface area contributed by atoms with Gasteiger partial charge in [-0.1, -0.05) is 6.08 Å². The summed E-state index contributed by atoms with van der Waals surface area (Å²) >= 11 is 0. The third kappa shape index (κ3) is 1.72. The van der Waals surface area contributed by atoms with E-state index in [2.05, 4.69) is 16.9 Å². The molecule has 0 spiro atoms. The summed E-state index contributed by atoms with van der Waals surface area (Å²) in [6.45, 7) is 3.66. The van der Waals surface area contributed by atoms with Crippen molar-refractivity contribution in [1.29, 1.82) is 0 Å². The van der Waals surface area contributed by atoms with Crippen LogP contribution in [-0.2, 0) is 0 Å². The van der Waals surface area contributed by atoms with Gasteiger partial charge in [-0.2, -0.15) is 0 Å². The van der Waals surface area contributed by atoms with Crippen LogP contribution >= 0.6 is 0 Å². The molecule has 1 rings (SSSR count). The Morgan fingerprint density at radius 1 is 1.78 bits per heavy atom. The molecule has 0 bridgehead atoms. The van der Waals surface area contributed by atoms with Crippen LogP contribution in [0.5, 0.6) is 0 Å². The summed E-state index contributed by atoms with van der Waals surface area (Å²) in [6.07, 6.45) is 8.19. The van der Waals surface area contributed by atoms with E-state index in [0.717, 1.165) is 12.2 Å². The van der Waals surface area contributed by atoms with Crippen molar-refractivity contribution in [3.8, 4) is 0 Å². The minimum Gasteiger partial charge on any atom is -0.345 e. The molecule has 0 aliphatic carbocycles. The Bertz CT molecular complexity index is 175. The summed E-state index contributed by atoms with van der Waals surface area (Å²) in [6, 6.07) is 0. The first-order chi connectivity index (χ1) is 4.43. The third-order valence-corrected chi connectivity index (χ3v) is 0.962. The molecule has 1 radical (unpaired) electrons. The molecular weight excluding hydrogens is 112 g/mol. The van der Waals surface area contributed by atoms with Gasteiger partial charge in [0.05, 0.1) is 0 Å². The monoisotopic (exact) mass is 121 g/mol. The molecule has 0 fully saturated rings. The standard InChI is InChI=1S/C7H9N2/c1-2-3-4-7-8-5-6-9-7/h3-6H,1-2H2,(H,8,9)/b4-3+. The Hall–Kier alpha value is -1.05. The maximum absolute atomic E-state index is 3.98. The SMILES string of the molecule is [CH2]C/C=C/c1ncc[nH]1. The van der Waals surface area contributed by atoms with Crippen molar-refractivity contribution >= 4 is 6.08 Å². The van der Waals surface area contributed by atoms with E-state index < -0.39 is 0 Å². The van der Waals surface area contributed by atoms with Gasteiger partial charge in [0.2, 0.25) is 0 Å². The first kappa shape index (κ1) is 6.08. The molecule has 47 valence electrons. The number of hydrogen-bond acceptors (Lipinski definition) is 1. The molecule has 2 nitrogen and oxygen atoms in total. The molecule has 0 saturated heterocycles. The van der Waals surface area contributed by atoms with Gasteiger partial charge in [0.15, 0.2) is 0 Å². The van der Waals surface area contributed by atoms with Crippen LogP contribution in [0, 0.1) is 6.92 Å². The normalized spacial score (nSPS) is 10.8. The summed E-state index contributed by atoms with van der Waals surface area (Å²) in [5.41, 5.74) is 0. The van der Waals surface area contributed by atoms with Crippen molar-refractivity contribution in [2.45, 2.75) is 6.42 Å². The summed E-state index contributed by atoms with van der Waals surface area (Å²) in [5.74, 6) is 0.888.